The molecule has 28 heavy (non-hydrogen) atoms. The van der Waals surface area contributed by atoms with Crippen LogP contribution < -0.4 is 4.80 Å². The van der Waals surface area contributed by atoms with Crippen molar-refractivity contribution in [3.8, 4) is 0 Å². The predicted molar refractivity (Wildman–Crippen MR) is 110 cm³/mol. The van der Waals surface area contributed by atoms with Crippen molar-refractivity contribution in [3.63, 3.8) is 0 Å². The van der Waals surface area contributed by atoms with Crippen molar-refractivity contribution < 1.29 is 17.9 Å². The fraction of sp³-hybridized carbons (Fsp3) is 0.263. The standard InChI is InChI=1S/C19H19ClN2O4S2/c1-26-11-10-22-16-8-7-14(20)13-17(16)27-19(22)21-18(23)9-12-28(24,25)15-5-3-2-4-6-15/h2-8,13H,9-12H2,1H3. The van der Waals surface area contributed by atoms with Crippen LogP contribution in [0.25, 0.3) is 10.2 Å². The van der Waals surface area contributed by atoms with Gasteiger partial charge in [0.1, 0.15) is 0 Å². The number of carbonyl (C=O) groups excluding carboxylic acids is 1. The van der Waals surface area contributed by atoms with Crippen molar-refractivity contribution in [2.45, 2.75) is 17.9 Å². The number of thiazole rings is 1. The molecule has 3 aromatic rings. The minimum Gasteiger partial charge on any atom is -0.383 e. The van der Waals surface area contributed by atoms with E-state index in [9.17, 15) is 13.2 Å². The molecule has 0 atom stereocenters. The van der Waals surface area contributed by atoms with E-state index in [1.807, 2.05) is 16.7 Å². The van der Waals surface area contributed by atoms with Gasteiger partial charge in [-0.05, 0) is 30.3 Å². The first-order valence-electron chi connectivity index (χ1n) is 8.54. The molecule has 0 radical (unpaired) electrons. The van der Waals surface area contributed by atoms with Gasteiger partial charge in [0, 0.05) is 25.1 Å². The third-order valence-electron chi connectivity index (χ3n) is 4.07. The van der Waals surface area contributed by atoms with E-state index in [2.05, 4.69) is 4.99 Å². The summed E-state index contributed by atoms with van der Waals surface area (Å²) in [6, 6.07) is 13.5. The van der Waals surface area contributed by atoms with Crippen molar-refractivity contribution >= 4 is 48.9 Å². The zero-order valence-corrected chi connectivity index (χ0v) is 17.6. The van der Waals surface area contributed by atoms with Gasteiger partial charge in [0.25, 0.3) is 0 Å². The van der Waals surface area contributed by atoms with Gasteiger partial charge in [0.05, 0.1) is 27.5 Å². The average Bonchev–Trinajstić information content (AvgIpc) is 3.01. The second kappa shape index (κ2) is 9.00. The summed E-state index contributed by atoms with van der Waals surface area (Å²) in [6.45, 7) is 0.977. The number of halogens is 1. The maximum atomic E-state index is 12.4. The van der Waals surface area contributed by atoms with E-state index in [1.54, 1.807) is 31.4 Å². The third-order valence-corrected chi connectivity index (χ3v) is 7.08. The molecule has 1 amide bonds. The highest BCUT2D eigenvalue weighted by Crippen LogP contribution is 2.22. The quantitative estimate of drug-likeness (QED) is 0.567. The number of ether oxygens (including phenoxy) is 1. The van der Waals surface area contributed by atoms with Crippen LogP contribution in [0.15, 0.2) is 58.4 Å². The van der Waals surface area contributed by atoms with E-state index in [-0.39, 0.29) is 17.1 Å². The van der Waals surface area contributed by atoms with Gasteiger partial charge in [-0.15, -0.1) is 0 Å². The summed E-state index contributed by atoms with van der Waals surface area (Å²) in [5.74, 6) is -0.767. The Morgan fingerprint density at radius 3 is 2.68 bits per heavy atom. The summed E-state index contributed by atoms with van der Waals surface area (Å²) in [5.41, 5.74) is 0.898. The Morgan fingerprint density at radius 1 is 1.21 bits per heavy atom. The van der Waals surface area contributed by atoms with Gasteiger partial charge in [-0.25, -0.2) is 8.42 Å². The number of rotatable bonds is 7. The highest BCUT2D eigenvalue weighted by atomic mass is 35.5. The van der Waals surface area contributed by atoms with Gasteiger partial charge in [0.2, 0.25) is 5.91 Å². The molecule has 2 aromatic carbocycles. The van der Waals surface area contributed by atoms with Crippen LogP contribution in [0, 0.1) is 0 Å². The minimum atomic E-state index is -3.52. The summed E-state index contributed by atoms with van der Waals surface area (Å²) >= 11 is 7.39. The minimum absolute atomic E-state index is 0.184. The van der Waals surface area contributed by atoms with Crippen LogP contribution in [0.5, 0.6) is 0 Å². The Labute approximate surface area is 172 Å². The third kappa shape index (κ3) is 4.88. The molecular formula is C19H19ClN2O4S2. The van der Waals surface area contributed by atoms with Crippen LogP contribution in [0.3, 0.4) is 0 Å². The number of hydrogen-bond donors (Lipinski definition) is 0. The smallest absolute Gasteiger partial charge is 0.249 e. The highest BCUT2D eigenvalue weighted by molar-refractivity contribution is 7.91. The van der Waals surface area contributed by atoms with Gasteiger partial charge < -0.3 is 9.30 Å². The maximum Gasteiger partial charge on any atom is 0.249 e. The second-order valence-corrected chi connectivity index (χ2v) is 9.58. The molecule has 1 heterocycles. The molecule has 0 unspecified atom stereocenters. The molecular weight excluding hydrogens is 420 g/mol. The molecule has 1 aromatic heterocycles. The molecule has 0 spiro atoms. The Kier molecular flexibility index (Phi) is 6.66. The highest BCUT2D eigenvalue weighted by Gasteiger charge is 2.16. The predicted octanol–water partition coefficient (Wildman–Crippen LogP) is 3.29. The molecule has 0 N–H and O–H groups in total. The summed E-state index contributed by atoms with van der Waals surface area (Å²) in [4.78, 5) is 17.2. The molecule has 6 nitrogen and oxygen atoms in total. The van der Waals surface area contributed by atoms with Crippen LogP contribution >= 0.6 is 22.9 Å². The number of aromatic nitrogens is 1. The monoisotopic (exact) mass is 438 g/mol. The maximum absolute atomic E-state index is 12.4. The van der Waals surface area contributed by atoms with E-state index >= 15 is 0 Å². The first kappa shape index (κ1) is 20.7. The fourth-order valence-electron chi connectivity index (χ4n) is 2.66. The van der Waals surface area contributed by atoms with Gasteiger partial charge in [-0.1, -0.05) is 41.1 Å². The Bertz CT molecular complexity index is 1150. The van der Waals surface area contributed by atoms with E-state index in [4.69, 9.17) is 16.3 Å². The van der Waals surface area contributed by atoms with E-state index in [0.717, 1.165) is 10.2 Å². The van der Waals surface area contributed by atoms with Crippen molar-refractivity contribution in [3.05, 3.63) is 58.4 Å². The molecule has 0 aliphatic heterocycles. The number of benzene rings is 2. The van der Waals surface area contributed by atoms with Gasteiger partial charge in [-0.2, -0.15) is 4.99 Å². The van der Waals surface area contributed by atoms with E-state index in [0.29, 0.717) is 23.0 Å². The molecule has 0 saturated carbocycles. The number of nitrogens with zero attached hydrogens (tertiary/aromatic N) is 2. The van der Waals surface area contributed by atoms with Crippen LogP contribution in [0.1, 0.15) is 6.42 Å². The van der Waals surface area contributed by atoms with Crippen molar-refractivity contribution in [1.82, 2.24) is 4.57 Å². The first-order valence-corrected chi connectivity index (χ1v) is 11.4. The van der Waals surface area contributed by atoms with Crippen molar-refractivity contribution in [2.24, 2.45) is 4.99 Å². The average molecular weight is 439 g/mol. The molecule has 148 valence electrons. The van der Waals surface area contributed by atoms with Gasteiger partial charge in [-0.3, -0.25) is 4.79 Å². The van der Waals surface area contributed by atoms with Crippen LogP contribution in [0.2, 0.25) is 5.02 Å². The molecule has 0 aliphatic carbocycles. The SMILES string of the molecule is COCCn1c(=NC(=O)CCS(=O)(=O)c2ccccc2)sc2cc(Cl)ccc21. The molecule has 0 fully saturated rings. The Hall–Kier alpha value is -2.00. The normalized spacial score (nSPS) is 12.6. The number of methoxy groups -OCH3 is 1. The fourth-order valence-corrected chi connectivity index (χ4v) is 5.26. The summed E-state index contributed by atoms with van der Waals surface area (Å²) in [6.07, 6.45) is -0.184. The summed E-state index contributed by atoms with van der Waals surface area (Å²) < 4.78 is 32.6. The van der Waals surface area contributed by atoms with Crippen molar-refractivity contribution in [1.29, 1.82) is 0 Å². The van der Waals surface area contributed by atoms with Crippen LogP contribution in [-0.4, -0.2) is 38.4 Å². The van der Waals surface area contributed by atoms with Crippen molar-refractivity contribution in [2.75, 3.05) is 19.5 Å². The zero-order valence-electron chi connectivity index (χ0n) is 15.2. The molecule has 0 saturated heterocycles. The van der Waals surface area contributed by atoms with Crippen LogP contribution in [0.4, 0.5) is 0 Å². The lowest BCUT2D eigenvalue weighted by atomic mass is 10.3. The lowest BCUT2D eigenvalue weighted by Gasteiger charge is -2.04. The molecule has 9 heteroatoms. The van der Waals surface area contributed by atoms with Gasteiger partial charge in [0.15, 0.2) is 14.6 Å². The van der Waals surface area contributed by atoms with Gasteiger partial charge >= 0.3 is 0 Å². The Balaban J connectivity index is 1.86. The largest absolute Gasteiger partial charge is 0.383 e. The topological polar surface area (TPSA) is 77.7 Å². The second-order valence-electron chi connectivity index (χ2n) is 6.03. The van der Waals surface area contributed by atoms with E-state index < -0.39 is 15.7 Å². The number of hydrogen-bond acceptors (Lipinski definition) is 5. The van der Waals surface area contributed by atoms with E-state index in [1.165, 1.54) is 23.5 Å². The summed E-state index contributed by atoms with van der Waals surface area (Å²) in [7, 11) is -1.92. The lowest BCUT2D eigenvalue weighted by molar-refractivity contribution is -0.117. The summed E-state index contributed by atoms with van der Waals surface area (Å²) in [5, 5.41) is 0.597. The number of sulfone groups is 1. The number of amides is 1. The Morgan fingerprint density at radius 2 is 1.96 bits per heavy atom. The first-order chi connectivity index (χ1) is 13.4. The molecule has 0 bridgehead atoms. The number of carbonyl (C=O) groups is 1. The van der Waals surface area contributed by atoms with Crippen LogP contribution in [-0.2, 0) is 25.9 Å². The molecule has 0 aliphatic rings. The zero-order chi connectivity index (χ0) is 20.1. The molecule has 3 rings (SSSR count). The lowest BCUT2D eigenvalue weighted by Crippen LogP contribution is -2.20. The number of fused-ring (bicyclic) bond motifs is 1.